The molecule has 0 bridgehead atoms. The van der Waals surface area contributed by atoms with Gasteiger partial charge in [0.2, 0.25) is 5.78 Å². The average Bonchev–Trinajstić information content (AvgIpc) is 3.07. The Kier molecular flexibility index (Phi) is 5.54. The summed E-state index contributed by atoms with van der Waals surface area (Å²) in [5.41, 5.74) is 0.613. The molecule has 23 heavy (non-hydrogen) atoms. The molecular weight excluding hydrogens is 320 g/mol. The summed E-state index contributed by atoms with van der Waals surface area (Å²) in [5, 5.41) is 2.76. The van der Waals surface area contributed by atoms with E-state index >= 15 is 0 Å². The standard InChI is InChI=1S/C16H15ClN2O4/c1-10(19-15(21)11-5-2-3-6-12(11)17)16(22)23-9-14(20)13-7-4-8-18-13/h2-8,10,18H,9H2,1H3,(H,19,21)/t10-/m1/s1. The SMILES string of the molecule is C[C@@H](NC(=O)c1ccccc1Cl)C(=O)OCC(=O)c1ccc[nH]1. The maximum Gasteiger partial charge on any atom is 0.328 e. The molecule has 0 saturated carbocycles. The van der Waals surface area contributed by atoms with Crippen LogP contribution >= 0.6 is 11.6 Å². The topological polar surface area (TPSA) is 88.3 Å². The number of carbonyl (C=O) groups excluding carboxylic acids is 3. The molecule has 0 fully saturated rings. The van der Waals surface area contributed by atoms with Crippen molar-refractivity contribution in [3.05, 3.63) is 58.9 Å². The molecule has 1 heterocycles. The molecule has 2 aromatic rings. The molecule has 0 saturated heterocycles. The Labute approximate surface area is 137 Å². The molecule has 0 aliphatic carbocycles. The van der Waals surface area contributed by atoms with Crippen LogP contribution in [-0.4, -0.2) is 35.3 Å². The molecule has 2 rings (SSSR count). The number of halogens is 1. The second-order valence-electron chi connectivity index (χ2n) is 4.79. The number of amides is 1. The van der Waals surface area contributed by atoms with E-state index in [0.29, 0.717) is 5.69 Å². The lowest BCUT2D eigenvalue weighted by molar-refractivity contribution is -0.144. The zero-order valence-corrected chi connectivity index (χ0v) is 13.1. The van der Waals surface area contributed by atoms with E-state index in [1.54, 1.807) is 42.6 Å². The van der Waals surface area contributed by atoms with E-state index in [1.807, 2.05) is 0 Å². The fraction of sp³-hybridized carbons (Fsp3) is 0.188. The number of carbonyl (C=O) groups is 3. The van der Waals surface area contributed by atoms with Crippen LogP contribution < -0.4 is 5.32 Å². The molecule has 0 aliphatic heterocycles. The lowest BCUT2D eigenvalue weighted by atomic mass is 10.2. The lowest BCUT2D eigenvalue weighted by Gasteiger charge is -2.13. The summed E-state index contributed by atoms with van der Waals surface area (Å²) in [6, 6.07) is 8.83. The van der Waals surface area contributed by atoms with Gasteiger partial charge >= 0.3 is 5.97 Å². The first-order valence-electron chi connectivity index (χ1n) is 6.87. The first kappa shape index (κ1) is 16.8. The number of aromatic nitrogens is 1. The Morgan fingerprint density at radius 3 is 2.61 bits per heavy atom. The number of aromatic amines is 1. The number of hydrogen-bond donors (Lipinski definition) is 2. The molecule has 1 atom stereocenters. The van der Waals surface area contributed by atoms with Crippen LogP contribution in [0.3, 0.4) is 0 Å². The van der Waals surface area contributed by atoms with Gasteiger partial charge in [-0.2, -0.15) is 0 Å². The number of hydrogen-bond acceptors (Lipinski definition) is 4. The summed E-state index contributed by atoms with van der Waals surface area (Å²) in [5.74, 6) is -1.55. The molecule has 0 unspecified atom stereocenters. The van der Waals surface area contributed by atoms with Crippen LogP contribution in [0.4, 0.5) is 0 Å². The van der Waals surface area contributed by atoms with Crippen LogP contribution in [-0.2, 0) is 9.53 Å². The van der Waals surface area contributed by atoms with Gasteiger partial charge in [0.1, 0.15) is 6.04 Å². The number of H-pyrrole nitrogens is 1. The summed E-state index contributed by atoms with van der Waals surface area (Å²) < 4.78 is 4.90. The van der Waals surface area contributed by atoms with E-state index in [9.17, 15) is 14.4 Å². The number of rotatable bonds is 6. The number of ether oxygens (including phenoxy) is 1. The van der Waals surface area contributed by atoms with Gasteiger partial charge in [0.15, 0.2) is 6.61 Å². The molecule has 120 valence electrons. The Bertz CT molecular complexity index is 713. The quantitative estimate of drug-likeness (QED) is 0.626. The van der Waals surface area contributed by atoms with E-state index in [4.69, 9.17) is 16.3 Å². The minimum absolute atomic E-state index is 0.260. The van der Waals surface area contributed by atoms with Crippen molar-refractivity contribution in [2.24, 2.45) is 0 Å². The highest BCUT2D eigenvalue weighted by atomic mass is 35.5. The maximum atomic E-state index is 12.0. The normalized spacial score (nSPS) is 11.6. The van der Waals surface area contributed by atoms with E-state index in [-0.39, 0.29) is 16.4 Å². The molecule has 1 aromatic carbocycles. The van der Waals surface area contributed by atoms with Crippen LogP contribution in [0.5, 0.6) is 0 Å². The van der Waals surface area contributed by atoms with E-state index in [0.717, 1.165) is 0 Å². The molecule has 0 spiro atoms. The summed E-state index contributed by atoms with van der Waals surface area (Å²) in [6.45, 7) is 1.07. The van der Waals surface area contributed by atoms with E-state index in [2.05, 4.69) is 10.3 Å². The molecule has 2 N–H and O–H groups in total. The molecule has 7 heteroatoms. The minimum Gasteiger partial charge on any atom is -0.456 e. The van der Waals surface area contributed by atoms with Gasteiger partial charge in [-0.3, -0.25) is 9.59 Å². The van der Waals surface area contributed by atoms with Crippen molar-refractivity contribution in [3.8, 4) is 0 Å². The zero-order valence-electron chi connectivity index (χ0n) is 12.3. The third-order valence-corrected chi connectivity index (χ3v) is 3.39. The largest absolute Gasteiger partial charge is 0.456 e. The monoisotopic (exact) mass is 334 g/mol. The van der Waals surface area contributed by atoms with Gasteiger partial charge < -0.3 is 15.0 Å². The predicted molar refractivity (Wildman–Crippen MR) is 84.5 cm³/mol. The minimum atomic E-state index is -0.907. The second kappa shape index (κ2) is 7.60. The van der Waals surface area contributed by atoms with Crippen molar-refractivity contribution in [2.75, 3.05) is 6.61 Å². The van der Waals surface area contributed by atoms with Crippen molar-refractivity contribution >= 4 is 29.3 Å². The number of ketones is 1. The summed E-state index contributed by atoms with van der Waals surface area (Å²) in [4.78, 5) is 38.3. The molecule has 0 aliphatic rings. The first-order chi connectivity index (χ1) is 11.0. The highest BCUT2D eigenvalue weighted by molar-refractivity contribution is 6.33. The van der Waals surface area contributed by atoms with Gasteiger partial charge in [-0.25, -0.2) is 4.79 Å². The number of benzene rings is 1. The zero-order chi connectivity index (χ0) is 16.8. The molecule has 6 nitrogen and oxygen atoms in total. The van der Waals surface area contributed by atoms with Crippen molar-refractivity contribution in [1.29, 1.82) is 0 Å². The average molecular weight is 335 g/mol. The second-order valence-corrected chi connectivity index (χ2v) is 5.20. The van der Waals surface area contributed by atoms with Gasteiger partial charge in [-0.1, -0.05) is 23.7 Å². The maximum absolute atomic E-state index is 12.0. The Hall–Kier alpha value is -2.60. The smallest absolute Gasteiger partial charge is 0.328 e. The van der Waals surface area contributed by atoms with Crippen molar-refractivity contribution in [3.63, 3.8) is 0 Å². The van der Waals surface area contributed by atoms with Crippen LogP contribution in [0.25, 0.3) is 0 Å². The third kappa shape index (κ3) is 4.43. The Morgan fingerprint density at radius 1 is 1.22 bits per heavy atom. The Morgan fingerprint density at radius 2 is 1.96 bits per heavy atom. The van der Waals surface area contributed by atoms with E-state index < -0.39 is 24.5 Å². The summed E-state index contributed by atoms with van der Waals surface area (Å²) in [7, 11) is 0. The Balaban J connectivity index is 1.86. The summed E-state index contributed by atoms with van der Waals surface area (Å²) >= 11 is 5.92. The van der Waals surface area contributed by atoms with Crippen molar-refractivity contribution in [1.82, 2.24) is 10.3 Å². The van der Waals surface area contributed by atoms with E-state index in [1.165, 1.54) is 6.92 Å². The number of Topliss-reactive ketones (excluding diaryl/α,β-unsaturated/α-hetero) is 1. The van der Waals surface area contributed by atoms with Gasteiger partial charge in [0, 0.05) is 6.20 Å². The fourth-order valence-corrected chi connectivity index (χ4v) is 2.04. The summed E-state index contributed by atoms with van der Waals surface area (Å²) in [6.07, 6.45) is 1.60. The van der Waals surface area contributed by atoms with Gasteiger partial charge in [0.05, 0.1) is 16.3 Å². The van der Waals surface area contributed by atoms with Gasteiger partial charge in [0.25, 0.3) is 5.91 Å². The molecule has 1 aromatic heterocycles. The lowest BCUT2D eigenvalue weighted by Crippen LogP contribution is -2.40. The van der Waals surface area contributed by atoms with Gasteiger partial charge in [-0.05, 0) is 31.2 Å². The van der Waals surface area contributed by atoms with Crippen molar-refractivity contribution in [2.45, 2.75) is 13.0 Å². The fourth-order valence-electron chi connectivity index (χ4n) is 1.82. The van der Waals surface area contributed by atoms with Crippen LogP contribution in [0.15, 0.2) is 42.6 Å². The number of esters is 1. The third-order valence-electron chi connectivity index (χ3n) is 3.06. The molecular formula is C16H15ClN2O4. The van der Waals surface area contributed by atoms with Crippen LogP contribution in [0.1, 0.15) is 27.8 Å². The van der Waals surface area contributed by atoms with Gasteiger partial charge in [-0.15, -0.1) is 0 Å². The van der Waals surface area contributed by atoms with Crippen molar-refractivity contribution < 1.29 is 19.1 Å². The molecule has 1 amide bonds. The first-order valence-corrected chi connectivity index (χ1v) is 7.25. The molecule has 0 radical (unpaired) electrons. The predicted octanol–water partition coefficient (Wildman–Crippen LogP) is 2.21. The highest BCUT2D eigenvalue weighted by Crippen LogP contribution is 2.14. The number of nitrogens with one attached hydrogen (secondary N) is 2. The van der Waals surface area contributed by atoms with Crippen LogP contribution in [0, 0.1) is 0 Å². The van der Waals surface area contributed by atoms with Crippen LogP contribution in [0.2, 0.25) is 5.02 Å². The highest BCUT2D eigenvalue weighted by Gasteiger charge is 2.20.